The van der Waals surface area contributed by atoms with Crippen LogP contribution >= 0.6 is 0 Å². The smallest absolute Gasteiger partial charge is 0.0220 e. The van der Waals surface area contributed by atoms with E-state index in [1.807, 2.05) is 0 Å². The highest BCUT2D eigenvalue weighted by molar-refractivity contribution is 4.86. The van der Waals surface area contributed by atoms with Crippen molar-refractivity contribution in [1.82, 2.24) is 10.6 Å². The van der Waals surface area contributed by atoms with Gasteiger partial charge in [-0.25, -0.2) is 0 Å². The number of likely N-dealkylation sites (N-methyl/N-ethyl adjacent to an activating group) is 2. The summed E-state index contributed by atoms with van der Waals surface area (Å²) in [5.74, 6) is 0.900. The number of nitrogens with one attached hydrogen (secondary N) is 2. The Morgan fingerprint density at radius 1 is 1.00 bits per heavy atom. The maximum Gasteiger partial charge on any atom is 0.0220 e. The van der Waals surface area contributed by atoms with Crippen molar-refractivity contribution in [2.75, 3.05) is 14.1 Å². The highest BCUT2D eigenvalue weighted by Crippen LogP contribution is 2.23. The van der Waals surface area contributed by atoms with Crippen LogP contribution in [-0.2, 0) is 0 Å². The molecule has 0 aliphatic heterocycles. The Kier molecular flexibility index (Phi) is 3.34. The van der Waals surface area contributed by atoms with Crippen molar-refractivity contribution in [3.05, 3.63) is 0 Å². The van der Waals surface area contributed by atoms with Crippen molar-refractivity contribution in [3.63, 3.8) is 0 Å². The molecule has 0 aromatic heterocycles. The third-order valence-corrected chi connectivity index (χ3v) is 2.85. The predicted molar refractivity (Wildman–Crippen MR) is 48.7 cm³/mol. The van der Waals surface area contributed by atoms with Crippen LogP contribution in [0.5, 0.6) is 0 Å². The Morgan fingerprint density at radius 2 is 1.64 bits per heavy atom. The van der Waals surface area contributed by atoms with E-state index < -0.39 is 0 Å². The van der Waals surface area contributed by atoms with Crippen LogP contribution in [0.4, 0.5) is 0 Å². The van der Waals surface area contributed by atoms with Crippen LogP contribution in [0.25, 0.3) is 0 Å². The molecule has 2 N–H and O–H groups in total. The molecule has 0 spiro atoms. The zero-order chi connectivity index (χ0) is 8.27. The molecule has 1 fully saturated rings. The Labute approximate surface area is 69.8 Å². The van der Waals surface area contributed by atoms with Crippen molar-refractivity contribution in [3.8, 4) is 0 Å². The van der Waals surface area contributed by atoms with Gasteiger partial charge in [-0.05, 0) is 39.3 Å². The summed E-state index contributed by atoms with van der Waals surface area (Å²) >= 11 is 0. The average molecular weight is 156 g/mol. The molecule has 1 rings (SSSR count). The molecule has 2 nitrogen and oxygen atoms in total. The first-order valence-corrected chi connectivity index (χ1v) is 4.62. The van der Waals surface area contributed by atoms with E-state index in [1.165, 1.54) is 19.3 Å². The molecule has 0 amide bonds. The fourth-order valence-electron chi connectivity index (χ4n) is 2.05. The molecule has 1 aliphatic carbocycles. The van der Waals surface area contributed by atoms with E-state index in [4.69, 9.17) is 0 Å². The van der Waals surface area contributed by atoms with Crippen molar-refractivity contribution >= 4 is 0 Å². The monoisotopic (exact) mass is 156 g/mol. The molecule has 2 heteroatoms. The summed E-state index contributed by atoms with van der Waals surface area (Å²) in [5, 5.41) is 6.74. The summed E-state index contributed by atoms with van der Waals surface area (Å²) < 4.78 is 0. The second-order valence-corrected chi connectivity index (χ2v) is 3.71. The second kappa shape index (κ2) is 4.07. The van der Waals surface area contributed by atoms with Crippen molar-refractivity contribution in [1.29, 1.82) is 0 Å². The molecule has 1 aliphatic rings. The first-order chi connectivity index (χ1) is 5.27. The quantitative estimate of drug-likeness (QED) is 0.623. The molecule has 0 radical (unpaired) electrons. The first-order valence-electron chi connectivity index (χ1n) is 4.62. The van der Waals surface area contributed by atoms with Crippen LogP contribution < -0.4 is 10.6 Å². The Balaban J connectivity index is 2.41. The minimum Gasteiger partial charge on any atom is -0.315 e. The molecule has 3 unspecified atom stereocenters. The van der Waals surface area contributed by atoms with Gasteiger partial charge in [-0.3, -0.25) is 0 Å². The average Bonchev–Trinajstić information content (AvgIpc) is 2.04. The van der Waals surface area contributed by atoms with E-state index in [2.05, 4.69) is 31.7 Å². The molecule has 0 bridgehead atoms. The zero-order valence-electron chi connectivity index (χ0n) is 7.85. The maximum absolute atomic E-state index is 3.37. The minimum atomic E-state index is 0.684. The van der Waals surface area contributed by atoms with Gasteiger partial charge in [0.25, 0.3) is 0 Å². The van der Waals surface area contributed by atoms with E-state index in [9.17, 15) is 0 Å². The Hall–Kier alpha value is -0.0800. The highest BCUT2D eigenvalue weighted by atomic mass is 15.0. The van der Waals surface area contributed by atoms with Crippen LogP contribution in [0, 0.1) is 5.92 Å². The van der Waals surface area contributed by atoms with Crippen molar-refractivity contribution in [2.24, 2.45) is 5.92 Å². The molecular formula is C9H20N2. The van der Waals surface area contributed by atoms with E-state index in [0.717, 1.165) is 5.92 Å². The summed E-state index contributed by atoms with van der Waals surface area (Å²) in [5.41, 5.74) is 0. The fraction of sp³-hybridized carbons (Fsp3) is 1.00. The van der Waals surface area contributed by atoms with E-state index in [-0.39, 0.29) is 0 Å². The van der Waals surface area contributed by atoms with E-state index in [1.54, 1.807) is 0 Å². The van der Waals surface area contributed by atoms with Gasteiger partial charge in [0.1, 0.15) is 0 Å². The largest absolute Gasteiger partial charge is 0.315 e. The second-order valence-electron chi connectivity index (χ2n) is 3.71. The summed E-state index contributed by atoms with van der Waals surface area (Å²) in [6, 6.07) is 1.37. The third-order valence-electron chi connectivity index (χ3n) is 2.85. The molecule has 0 aromatic rings. The Morgan fingerprint density at radius 3 is 2.18 bits per heavy atom. The predicted octanol–water partition coefficient (Wildman–Crippen LogP) is 0.982. The van der Waals surface area contributed by atoms with Gasteiger partial charge in [0.15, 0.2) is 0 Å². The molecule has 0 aromatic carbocycles. The fourth-order valence-corrected chi connectivity index (χ4v) is 2.05. The van der Waals surface area contributed by atoms with Crippen LogP contribution in [0.15, 0.2) is 0 Å². The van der Waals surface area contributed by atoms with Crippen LogP contribution in [0.2, 0.25) is 0 Å². The molecule has 0 heterocycles. The lowest BCUT2D eigenvalue weighted by atomic mass is 9.83. The number of hydrogen-bond donors (Lipinski definition) is 2. The Bertz CT molecular complexity index is 114. The SMILES string of the molecule is CNC1CCC(C)CC1NC. The first kappa shape index (κ1) is 9.01. The molecule has 11 heavy (non-hydrogen) atoms. The van der Waals surface area contributed by atoms with Gasteiger partial charge in [0.05, 0.1) is 0 Å². The lowest BCUT2D eigenvalue weighted by molar-refractivity contribution is 0.253. The molecule has 3 atom stereocenters. The molecule has 0 saturated heterocycles. The topological polar surface area (TPSA) is 24.1 Å². The lowest BCUT2D eigenvalue weighted by Crippen LogP contribution is -2.48. The van der Waals surface area contributed by atoms with E-state index >= 15 is 0 Å². The molecule has 1 saturated carbocycles. The maximum atomic E-state index is 3.37. The van der Waals surface area contributed by atoms with Crippen LogP contribution in [0.3, 0.4) is 0 Å². The van der Waals surface area contributed by atoms with Gasteiger partial charge in [0.2, 0.25) is 0 Å². The highest BCUT2D eigenvalue weighted by Gasteiger charge is 2.25. The standard InChI is InChI=1S/C9H20N2/c1-7-4-5-8(10-2)9(6-7)11-3/h7-11H,4-6H2,1-3H3. The number of hydrogen-bond acceptors (Lipinski definition) is 2. The normalized spacial score (nSPS) is 39.0. The van der Waals surface area contributed by atoms with E-state index in [0.29, 0.717) is 12.1 Å². The third kappa shape index (κ3) is 2.17. The van der Waals surface area contributed by atoms with Crippen LogP contribution in [0.1, 0.15) is 26.2 Å². The lowest BCUT2D eigenvalue weighted by Gasteiger charge is -2.34. The summed E-state index contributed by atoms with van der Waals surface area (Å²) in [6.45, 7) is 2.34. The number of rotatable bonds is 2. The zero-order valence-corrected chi connectivity index (χ0v) is 7.85. The minimum absolute atomic E-state index is 0.684. The molecule has 66 valence electrons. The van der Waals surface area contributed by atoms with Gasteiger partial charge in [-0.15, -0.1) is 0 Å². The van der Waals surface area contributed by atoms with Gasteiger partial charge in [-0.2, -0.15) is 0 Å². The van der Waals surface area contributed by atoms with Gasteiger partial charge < -0.3 is 10.6 Å². The molecular weight excluding hydrogens is 136 g/mol. The summed E-state index contributed by atoms with van der Waals surface area (Å²) in [7, 11) is 4.12. The van der Waals surface area contributed by atoms with Crippen LogP contribution in [-0.4, -0.2) is 26.2 Å². The van der Waals surface area contributed by atoms with Crippen molar-refractivity contribution in [2.45, 2.75) is 38.3 Å². The van der Waals surface area contributed by atoms with Gasteiger partial charge >= 0.3 is 0 Å². The van der Waals surface area contributed by atoms with Crippen molar-refractivity contribution < 1.29 is 0 Å². The summed E-state index contributed by atoms with van der Waals surface area (Å²) in [4.78, 5) is 0. The van der Waals surface area contributed by atoms with Gasteiger partial charge in [0, 0.05) is 12.1 Å². The van der Waals surface area contributed by atoms with Gasteiger partial charge in [-0.1, -0.05) is 6.92 Å². The summed E-state index contributed by atoms with van der Waals surface area (Å²) in [6.07, 6.45) is 4.02.